The van der Waals surface area contributed by atoms with Crippen molar-refractivity contribution < 1.29 is 9.21 Å². The van der Waals surface area contributed by atoms with Gasteiger partial charge in [-0.1, -0.05) is 12.1 Å². The quantitative estimate of drug-likeness (QED) is 0.321. The molecular formula is C23H20N4O2S2. The topological polar surface area (TPSA) is 64.2 Å². The van der Waals surface area contributed by atoms with Crippen LogP contribution >= 0.6 is 22.7 Å². The third-order valence-corrected chi connectivity index (χ3v) is 6.81. The first-order valence-electron chi connectivity index (χ1n) is 9.97. The second-order valence-corrected chi connectivity index (χ2v) is 9.03. The number of hydrogen-bond acceptors (Lipinski definition) is 6. The number of rotatable bonds is 7. The fraction of sp³-hybridized carbons (Fsp3) is 0.174. The number of amides is 1. The third kappa shape index (κ3) is 3.92. The molecule has 0 radical (unpaired) electrons. The summed E-state index contributed by atoms with van der Waals surface area (Å²) in [7, 11) is 0. The molecule has 5 heterocycles. The molecular weight excluding hydrogens is 428 g/mol. The van der Waals surface area contributed by atoms with E-state index in [4.69, 9.17) is 9.40 Å². The molecule has 0 saturated heterocycles. The first kappa shape index (κ1) is 19.7. The standard InChI is InChI=1S/C23H20N4O2S2/c1-2-27-22-19(13-24-27)18(12-20(25-22)21-8-5-11-31-21)23(28)26(14-16-6-3-9-29-16)15-17-7-4-10-30-17/h3-13H,2,14-15H2,1H3. The van der Waals surface area contributed by atoms with Crippen LogP contribution in [0.2, 0.25) is 0 Å². The summed E-state index contributed by atoms with van der Waals surface area (Å²) >= 11 is 3.24. The van der Waals surface area contributed by atoms with Gasteiger partial charge in [0.05, 0.1) is 47.1 Å². The number of furan rings is 1. The smallest absolute Gasteiger partial charge is 0.255 e. The molecule has 0 unspecified atom stereocenters. The first-order chi connectivity index (χ1) is 15.2. The van der Waals surface area contributed by atoms with Crippen LogP contribution in [0.4, 0.5) is 0 Å². The van der Waals surface area contributed by atoms with Gasteiger partial charge in [0.25, 0.3) is 5.91 Å². The molecule has 0 aromatic carbocycles. The van der Waals surface area contributed by atoms with Gasteiger partial charge in [-0.15, -0.1) is 22.7 Å². The SMILES string of the molecule is CCn1ncc2c(C(=O)N(Cc3ccco3)Cc3cccs3)cc(-c3cccs3)nc21. The maximum Gasteiger partial charge on any atom is 0.255 e. The molecule has 0 saturated carbocycles. The number of carbonyl (C=O) groups excluding carboxylic acids is 1. The lowest BCUT2D eigenvalue weighted by atomic mass is 10.1. The molecule has 156 valence electrons. The van der Waals surface area contributed by atoms with Gasteiger partial charge in [0, 0.05) is 11.4 Å². The summed E-state index contributed by atoms with van der Waals surface area (Å²) in [6.07, 6.45) is 3.38. The molecule has 0 bridgehead atoms. The van der Waals surface area contributed by atoms with Crippen LogP contribution in [0, 0.1) is 0 Å². The summed E-state index contributed by atoms with van der Waals surface area (Å²) in [5, 5.41) is 9.26. The van der Waals surface area contributed by atoms with Crippen molar-refractivity contribution in [3.8, 4) is 10.6 Å². The number of aryl methyl sites for hydroxylation is 1. The fourth-order valence-corrected chi connectivity index (χ4v) is 4.96. The highest BCUT2D eigenvalue weighted by atomic mass is 32.1. The molecule has 0 aliphatic heterocycles. The first-order valence-corrected chi connectivity index (χ1v) is 11.7. The van der Waals surface area contributed by atoms with E-state index in [-0.39, 0.29) is 5.91 Å². The van der Waals surface area contributed by atoms with Crippen LogP contribution in [-0.4, -0.2) is 25.6 Å². The van der Waals surface area contributed by atoms with Gasteiger partial charge in [-0.3, -0.25) is 4.79 Å². The second-order valence-electron chi connectivity index (χ2n) is 7.05. The molecule has 0 N–H and O–H groups in total. The Morgan fingerprint density at radius 1 is 1.13 bits per heavy atom. The molecule has 0 atom stereocenters. The number of thiophene rings is 2. The largest absolute Gasteiger partial charge is 0.467 e. The predicted molar refractivity (Wildman–Crippen MR) is 123 cm³/mol. The Balaban J connectivity index is 1.61. The molecule has 31 heavy (non-hydrogen) atoms. The summed E-state index contributed by atoms with van der Waals surface area (Å²) in [5.41, 5.74) is 2.12. The maximum atomic E-state index is 13.9. The van der Waals surface area contributed by atoms with E-state index in [1.807, 2.05) is 69.7 Å². The molecule has 5 aromatic heterocycles. The molecule has 0 aliphatic carbocycles. The van der Waals surface area contributed by atoms with E-state index in [1.54, 1.807) is 35.1 Å². The zero-order chi connectivity index (χ0) is 21.2. The minimum atomic E-state index is -0.0642. The number of nitrogens with zero attached hydrogens (tertiary/aromatic N) is 4. The van der Waals surface area contributed by atoms with Crippen LogP contribution in [0.15, 0.2) is 70.1 Å². The number of pyridine rings is 1. The van der Waals surface area contributed by atoms with E-state index in [0.717, 1.165) is 32.2 Å². The Hall–Kier alpha value is -3.23. The van der Waals surface area contributed by atoms with E-state index >= 15 is 0 Å². The van der Waals surface area contributed by atoms with Gasteiger partial charge in [0.1, 0.15) is 5.76 Å². The van der Waals surface area contributed by atoms with Crippen LogP contribution < -0.4 is 0 Å². The lowest BCUT2D eigenvalue weighted by Gasteiger charge is -2.22. The average Bonchev–Trinajstić information content (AvgIpc) is 3.59. The average molecular weight is 449 g/mol. The van der Waals surface area contributed by atoms with E-state index in [2.05, 4.69) is 5.10 Å². The maximum absolute atomic E-state index is 13.9. The van der Waals surface area contributed by atoms with Crippen LogP contribution in [0.1, 0.15) is 27.9 Å². The number of aromatic nitrogens is 3. The minimum absolute atomic E-state index is 0.0642. The van der Waals surface area contributed by atoms with Crippen molar-refractivity contribution in [1.82, 2.24) is 19.7 Å². The lowest BCUT2D eigenvalue weighted by molar-refractivity contribution is 0.0721. The van der Waals surface area contributed by atoms with E-state index < -0.39 is 0 Å². The van der Waals surface area contributed by atoms with Crippen LogP contribution in [0.5, 0.6) is 0 Å². The van der Waals surface area contributed by atoms with Crippen molar-refractivity contribution in [3.05, 3.63) is 81.9 Å². The number of fused-ring (bicyclic) bond motifs is 1. The lowest BCUT2D eigenvalue weighted by Crippen LogP contribution is -2.30. The van der Waals surface area contributed by atoms with Gasteiger partial charge in [0.15, 0.2) is 5.65 Å². The fourth-order valence-electron chi connectivity index (χ4n) is 3.56. The highest BCUT2D eigenvalue weighted by molar-refractivity contribution is 7.13. The van der Waals surface area contributed by atoms with Crippen molar-refractivity contribution >= 4 is 39.6 Å². The Kier molecular flexibility index (Phi) is 5.40. The summed E-state index contributed by atoms with van der Waals surface area (Å²) in [4.78, 5) is 22.6. The zero-order valence-corrected chi connectivity index (χ0v) is 18.5. The summed E-state index contributed by atoms with van der Waals surface area (Å²) < 4.78 is 7.38. The van der Waals surface area contributed by atoms with Gasteiger partial charge in [-0.2, -0.15) is 5.10 Å². The van der Waals surface area contributed by atoms with Crippen molar-refractivity contribution in [3.63, 3.8) is 0 Å². The Morgan fingerprint density at radius 2 is 2.00 bits per heavy atom. The Bertz CT molecular complexity index is 1250. The van der Waals surface area contributed by atoms with Gasteiger partial charge in [-0.25, -0.2) is 9.67 Å². The van der Waals surface area contributed by atoms with Crippen LogP contribution in [0.3, 0.4) is 0 Å². The van der Waals surface area contributed by atoms with Crippen molar-refractivity contribution in [1.29, 1.82) is 0 Å². The molecule has 0 fully saturated rings. The van der Waals surface area contributed by atoms with Crippen molar-refractivity contribution in [2.24, 2.45) is 0 Å². The minimum Gasteiger partial charge on any atom is -0.467 e. The van der Waals surface area contributed by atoms with Crippen LogP contribution in [-0.2, 0) is 19.6 Å². The van der Waals surface area contributed by atoms with Gasteiger partial charge in [0.2, 0.25) is 0 Å². The van der Waals surface area contributed by atoms with E-state index in [1.165, 1.54) is 0 Å². The van der Waals surface area contributed by atoms with E-state index in [0.29, 0.717) is 25.2 Å². The second kappa shape index (κ2) is 8.49. The van der Waals surface area contributed by atoms with Crippen molar-refractivity contribution in [2.75, 3.05) is 0 Å². The van der Waals surface area contributed by atoms with Crippen LogP contribution in [0.25, 0.3) is 21.6 Å². The third-order valence-electron chi connectivity index (χ3n) is 5.05. The van der Waals surface area contributed by atoms with Crippen molar-refractivity contribution in [2.45, 2.75) is 26.6 Å². The predicted octanol–water partition coefficient (Wildman–Crippen LogP) is 5.68. The highest BCUT2D eigenvalue weighted by Crippen LogP contribution is 2.29. The van der Waals surface area contributed by atoms with Gasteiger partial charge < -0.3 is 9.32 Å². The summed E-state index contributed by atoms with van der Waals surface area (Å²) in [6, 6.07) is 13.7. The molecule has 0 spiro atoms. The van der Waals surface area contributed by atoms with E-state index in [9.17, 15) is 4.79 Å². The monoisotopic (exact) mass is 448 g/mol. The Morgan fingerprint density at radius 3 is 2.71 bits per heavy atom. The molecule has 5 rings (SSSR count). The molecule has 8 heteroatoms. The summed E-state index contributed by atoms with van der Waals surface area (Å²) in [6.45, 7) is 3.61. The normalized spacial score (nSPS) is 11.3. The Labute approximate surface area is 187 Å². The van der Waals surface area contributed by atoms with Gasteiger partial charge in [-0.05, 0) is 48.0 Å². The molecule has 6 nitrogen and oxygen atoms in total. The highest BCUT2D eigenvalue weighted by Gasteiger charge is 2.23. The summed E-state index contributed by atoms with van der Waals surface area (Å²) in [5.74, 6) is 0.684. The number of hydrogen-bond donors (Lipinski definition) is 0. The number of carbonyl (C=O) groups is 1. The molecule has 0 aliphatic rings. The molecule has 5 aromatic rings. The zero-order valence-electron chi connectivity index (χ0n) is 16.9. The van der Waals surface area contributed by atoms with Gasteiger partial charge >= 0.3 is 0 Å². The molecule has 1 amide bonds.